The zero-order chi connectivity index (χ0) is 13.3. The predicted octanol–water partition coefficient (Wildman–Crippen LogP) is 2.72. The minimum absolute atomic E-state index is 0.154. The van der Waals surface area contributed by atoms with E-state index in [1.54, 1.807) is 6.20 Å². The van der Waals surface area contributed by atoms with Gasteiger partial charge in [0.1, 0.15) is 0 Å². The first kappa shape index (κ1) is 12.4. The van der Waals surface area contributed by atoms with Gasteiger partial charge in [-0.05, 0) is 43.5 Å². The fraction of sp³-hybridized carbons (Fsp3) is 0.267. The Morgan fingerprint density at radius 2 is 1.89 bits per heavy atom. The standard InChI is InChI=1S/C15H17NO2/c1-4-13-15(18)14(17)7-8-16(13)12-6-5-10(2)11(3)9-12/h5-9,18H,4H2,1-3H3. The van der Waals surface area contributed by atoms with Gasteiger partial charge < -0.3 is 9.67 Å². The molecule has 2 rings (SSSR count). The lowest BCUT2D eigenvalue weighted by molar-refractivity contribution is 0.456. The molecule has 1 aromatic carbocycles. The summed E-state index contributed by atoms with van der Waals surface area (Å²) in [5.74, 6) is -0.154. The molecule has 1 aromatic heterocycles. The van der Waals surface area contributed by atoms with Crippen molar-refractivity contribution in [2.24, 2.45) is 0 Å². The van der Waals surface area contributed by atoms with Gasteiger partial charge in [0, 0.05) is 18.0 Å². The number of hydrogen-bond donors (Lipinski definition) is 1. The van der Waals surface area contributed by atoms with Crippen LogP contribution in [0.2, 0.25) is 0 Å². The molecule has 0 aliphatic heterocycles. The summed E-state index contributed by atoms with van der Waals surface area (Å²) in [5.41, 5.74) is 3.69. The van der Waals surface area contributed by atoms with E-state index in [1.807, 2.05) is 30.5 Å². The van der Waals surface area contributed by atoms with E-state index in [2.05, 4.69) is 13.0 Å². The normalized spacial score (nSPS) is 10.6. The number of pyridine rings is 1. The molecule has 0 spiro atoms. The molecule has 0 bridgehead atoms. The van der Waals surface area contributed by atoms with Gasteiger partial charge in [0.15, 0.2) is 5.75 Å². The summed E-state index contributed by atoms with van der Waals surface area (Å²) >= 11 is 0. The quantitative estimate of drug-likeness (QED) is 0.881. The van der Waals surface area contributed by atoms with Crippen LogP contribution in [0.5, 0.6) is 5.75 Å². The van der Waals surface area contributed by atoms with E-state index in [9.17, 15) is 9.90 Å². The van der Waals surface area contributed by atoms with Crippen LogP contribution in [0.4, 0.5) is 0 Å². The van der Waals surface area contributed by atoms with Crippen LogP contribution in [0, 0.1) is 13.8 Å². The SMILES string of the molecule is CCc1c(O)c(=O)ccn1-c1ccc(C)c(C)c1. The van der Waals surface area contributed by atoms with Crippen LogP contribution in [0.15, 0.2) is 35.3 Å². The highest BCUT2D eigenvalue weighted by molar-refractivity contribution is 5.43. The summed E-state index contributed by atoms with van der Waals surface area (Å²) in [6.45, 7) is 6.03. The van der Waals surface area contributed by atoms with Crippen molar-refractivity contribution >= 4 is 0 Å². The van der Waals surface area contributed by atoms with Gasteiger partial charge in [0.2, 0.25) is 5.43 Å². The highest BCUT2D eigenvalue weighted by Gasteiger charge is 2.09. The van der Waals surface area contributed by atoms with Crippen LogP contribution in [0.25, 0.3) is 5.69 Å². The van der Waals surface area contributed by atoms with E-state index in [0.717, 1.165) is 5.69 Å². The van der Waals surface area contributed by atoms with E-state index in [4.69, 9.17) is 0 Å². The lowest BCUT2D eigenvalue weighted by Gasteiger charge is -2.14. The number of hydrogen-bond acceptors (Lipinski definition) is 2. The van der Waals surface area contributed by atoms with Crippen molar-refractivity contribution in [2.75, 3.05) is 0 Å². The molecule has 0 radical (unpaired) electrons. The average molecular weight is 243 g/mol. The van der Waals surface area contributed by atoms with Crippen molar-refractivity contribution in [3.8, 4) is 11.4 Å². The second-order valence-corrected chi connectivity index (χ2v) is 4.47. The highest BCUT2D eigenvalue weighted by atomic mass is 16.3. The van der Waals surface area contributed by atoms with Crippen molar-refractivity contribution in [1.29, 1.82) is 0 Å². The monoisotopic (exact) mass is 243 g/mol. The molecule has 3 nitrogen and oxygen atoms in total. The lowest BCUT2D eigenvalue weighted by Crippen LogP contribution is -2.10. The first-order chi connectivity index (χ1) is 8.54. The first-order valence-corrected chi connectivity index (χ1v) is 6.05. The Kier molecular flexibility index (Phi) is 3.24. The molecule has 0 aliphatic carbocycles. The van der Waals surface area contributed by atoms with E-state index in [-0.39, 0.29) is 11.2 Å². The Bertz CT molecular complexity index is 641. The van der Waals surface area contributed by atoms with Gasteiger partial charge in [0.05, 0.1) is 5.69 Å². The molecule has 1 N–H and O–H groups in total. The third-order valence-corrected chi connectivity index (χ3v) is 3.28. The molecule has 0 saturated carbocycles. The van der Waals surface area contributed by atoms with Crippen molar-refractivity contribution in [3.63, 3.8) is 0 Å². The third-order valence-electron chi connectivity index (χ3n) is 3.28. The number of benzene rings is 1. The maximum absolute atomic E-state index is 11.4. The van der Waals surface area contributed by atoms with Crippen molar-refractivity contribution in [3.05, 3.63) is 57.5 Å². The molecule has 0 atom stereocenters. The van der Waals surface area contributed by atoms with Gasteiger partial charge in [-0.2, -0.15) is 0 Å². The Morgan fingerprint density at radius 1 is 1.17 bits per heavy atom. The lowest BCUT2D eigenvalue weighted by atomic mass is 10.1. The van der Waals surface area contributed by atoms with Gasteiger partial charge >= 0.3 is 0 Å². The Hall–Kier alpha value is -2.03. The third kappa shape index (κ3) is 2.04. The molecular weight excluding hydrogens is 226 g/mol. The molecule has 0 aliphatic rings. The number of aromatic nitrogens is 1. The van der Waals surface area contributed by atoms with Crippen molar-refractivity contribution in [2.45, 2.75) is 27.2 Å². The molecule has 0 fully saturated rings. The predicted molar refractivity (Wildman–Crippen MR) is 72.6 cm³/mol. The number of nitrogens with zero attached hydrogens (tertiary/aromatic N) is 1. The first-order valence-electron chi connectivity index (χ1n) is 6.05. The molecule has 1 heterocycles. The van der Waals surface area contributed by atoms with E-state index in [0.29, 0.717) is 12.1 Å². The molecular formula is C15H17NO2. The minimum Gasteiger partial charge on any atom is -0.503 e. The summed E-state index contributed by atoms with van der Waals surface area (Å²) in [4.78, 5) is 11.4. The topological polar surface area (TPSA) is 42.2 Å². The summed E-state index contributed by atoms with van der Waals surface area (Å²) in [6.07, 6.45) is 2.32. The van der Waals surface area contributed by atoms with E-state index < -0.39 is 0 Å². The highest BCUT2D eigenvalue weighted by Crippen LogP contribution is 2.19. The van der Waals surface area contributed by atoms with Gasteiger partial charge in [0.25, 0.3) is 0 Å². The van der Waals surface area contributed by atoms with E-state index >= 15 is 0 Å². The maximum atomic E-state index is 11.4. The average Bonchev–Trinajstić information content (AvgIpc) is 2.36. The number of rotatable bonds is 2. The summed E-state index contributed by atoms with van der Waals surface area (Å²) in [7, 11) is 0. The zero-order valence-electron chi connectivity index (χ0n) is 10.9. The van der Waals surface area contributed by atoms with Crippen molar-refractivity contribution in [1.82, 2.24) is 4.57 Å². The molecule has 0 amide bonds. The zero-order valence-corrected chi connectivity index (χ0v) is 10.9. The second-order valence-electron chi connectivity index (χ2n) is 4.47. The maximum Gasteiger partial charge on any atom is 0.223 e. The fourth-order valence-electron chi connectivity index (χ4n) is 2.02. The van der Waals surface area contributed by atoms with Gasteiger partial charge in [-0.3, -0.25) is 4.79 Å². The Morgan fingerprint density at radius 3 is 2.50 bits per heavy atom. The fourth-order valence-corrected chi connectivity index (χ4v) is 2.02. The molecule has 18 heavy (non-hydrogen) atoms. The molecule has 2 aromatic rings. The number of aromatic hydroxyl groups is 1. The molecule has 94 valence electrons. The largest absolute Gasteiger partial charge is 0.503 e. The van der Waals surface area contributed by atoms with Crippen LogP contribution >= 0.6 is 0 Å². The smallest absolute Gasteiger partial charge is 0.223 e. The van der Waals surface area contributed by atoms with Crippen LogP contribution in [-0.4, -0.2) is 9.67 Å². The Balaban J connectivity index is 2.67. The van der Waals surface area contributed by atoms with Crippen LogP contribution in [-0.2, 0) is 6.42 Å². The Labute approximate surface area is 106 Å². The summed E-state index contributed by atoms with van der Waals surface area (Å²) in [6, 6.07) is 7.48. The second kappa shape index (κ2) is 4.69. The van der Waals surface area contributed by atoms with Crippen molar-refractivity contribution < 1.29 is 5.11 Å². The van der Waals surface area contributed by atoms with Crippen LogP contribution in [0.1, 0.15) is 23.7 Å². The minimum atomic E-state index is -0.327. The molecule has 0 saturated heterocycles. The van der Waals surface area contributed by atoms with Gasteiger partial charge in [-0.25, -0.2) is 0 Å². The van der Waals surface area contributed by atoms with Gasteiger partial charge in [-0.1, -0.05) is 13.0 Å². The van der Waals surface area contributed by atoms with Gasteiger partial charge in [-0.15, -0.1) is 0 Å². The molecule has 0 unspecified atom stereocenters. The van der Waals surface area contributed by atoms with E-state index in [1.165, 1.54) is 17.2 Å². The molecule has 3 heteroatoms. The summed E-state index contributed by atoms with van der Waals surface area (Å²) < 4.78 is 1.86. The number of aryl methyl sites for hydroxylation is 2. The summed E-state index contributed by atoms with van der Waals surface area (Å²) in [5, 5.41) is 9.83. The van der Waals surface area contributed by atoms with Crippen LogP contribution < -0.4 is 5.43 Å². The van der Waals surface area contributed by atoms with Crippen LogP contribution in [0.3, 0.4) is 0 Å².